The molecule has 0 aliphatic rings. The summed E-state index contributed by atoms with van der Waals surface area (Å²) in [6.07, 6.45) is 0. The van der Waals surface area contributed by atoms with Crippen molar-refractivity contribution in [3.63, 3.8) is 0 Å². The lowest BCUT2D eigenvalue weighted by atomic mass is 10.2. The van der Waals surface area contributed by atoms with Gasteiger partial charge in [-0.25, -0.2) is 13.6 Å². The van der Waals surface area contributed by atoms with E-state index in [1.54, 1.807) is 12.1 Å². The van der Waals surface area contributed by atoms with E-state index >= 15 is 0 Å². The van der Waals surface area contributed by atoms with Gasteiger partial charge in [0.1, 0.15) is 0 Å². The topological polar surface area (TPSA) is 103 Å². The first-order valence-electron chi connectivity index (χ1n) is 5.96. The maximum absolute atomic E-state index is 11.3. The van der Waals surface area contributed by atoms with Crippen LogP contribution in [-0.4, -0.2) is 13.3 Å². The molecule has 2 rings (SSSR count). The van der Waals surface area contributed by atoms with Crippen molar-refractivity contribution in [3.05, 3.63) is 63.2 Å². The summed E-state index contributed by atoms with van der Waals surface area (Å²) in [4.78, 5) is 10.6. The van der Waals surface area contributed by atoms with Gasteiger partial charge in [0.2, 0.25) is 10.0 Å². The van der Waals surface area contributed by atoms with Crippen LogP contribution in [0.15, 0.2) is 52.3 Å². The summed E-state index contributed by atoms with van der Waals surface area (Å²) in [6, 6.07) is 10.7. The molecule has 0 radical (unpaired) electrons. The fourth-order valence-corrected chi connectivity index (χ4v) is 3.30. The van der Waals surface area contributed by atoms with E-state index < -0.39 is 14.9 Å². The molecule has 2 aromatic rings. The Morgan fingerprint density at radius 2 is 1.82 bits per heavy atom. The van der Waals surface area contributed by atoms with E-state index in [0.717, 1.165) is 11.6 Å². The smallest absolute Gasteiger partial charge is 0.258 e. The number of primary sulfonamides is 1. The number of thioether (sulfide) groups is 1. The van der Waals surface area contributed by atoms with Gasteiger partial charge >= 0.3 is 0 Å². The van der Waals surface area contributed by atoms with Crippen LogP contribution < -0.4 is 5.14 Å². The van der Waals surface area contributed by atoms with Crippen molar-refractivity contribution in [3.8, 4) is 0 Å². The van der Waals surface area contributed by atoms with Crippen LogP contribution in [0.1, 0.15) is 5.56 Å². The Balaban J connectivity index is 2.27. The Labute approximate surface area is 136 Å². The van der Waals surface area contributed by atoms with Gasteiger partial charge in [-0.1, -0.05) is 23.7 Å². The van der Waals surface area contributed by atoms with E-state index in [-0.39, 0.29) is 10.6 Å². The third-order valence-corrected chi connectivity index (χ3v) is 5.06. The molecule has 0 spiro atoms. The van der Waals surface area contributed by atoms with Gasteiger partial charge in [-0.2, -0.15) is 0 Å². The summed E-state index contributed by atoms with van der Waals surface area (Å²) < 4.78 is 22.5. The lowest BCUT2D eigenvalue weighted by molar-refractivity contribution is -0.388. The molecular formula is C13H11ClN2O4S2. The molecule has 0 aliphatic heterocycles. The molecule has 0 unspecified atom stereocenters. The molecule has 0 amide bonds. The number of rotatable bonds is 5. The monoisotopic (exact) mass is 358 g/mol. The average Bonchev–Trinajstić information content (AvgIpc) is 2.45. The Kier molecular flexibility index (Phi) is 5.07. The molecule has 0 atom stereocenters. The van der Waals surface area contributed by atoms with E-state index in [1.807, 2.05) is 12.1 Å². The molecule has 0 bridgehead atoms. The van der Waals surface area contributed by atoms with E-state index in [2.05, 4.69) is 0 Å². The number of hydrogen-bond donors (Lipinski definition) is 1. The van der Waals surface area contributed by atoms with Crippen molar-refractivity contribution in [2.75, 3.05) is 0 Å². The van der Waals surface area contributed by atoms with Crippen molar-refractivity contribution in [2.45, 2.75) is 15.5 Å². The van der Waals surface area contributed by atoms with Crippen LogP contribution >= 0.6 is 23.4 Å². The van der Waals surface area contributed by atoms with Gasteiger partial charge in [0.25, 0.3) is 5.69 Å². The lowest BCUT2D eigenvalue weighted by Crippen LogP contribution is -2.12. The van der Waals surface area contributed by atoms with Gasteiger partial charge in [-0.3, -0.25) is 10.1 Å². The zero-order chi connectivity index (χ0) is 16.3. The van der Waals surface area contributed by atoms with Gasteiger partial charge in [-0.05, 0) is 29.8 Å². The summed E-state index contributed by atoms with van der Waals surface area (Å²) in [5.74, 6) is 0.493. The van der Waals surface area contributed by atoms with E-state index in [1.165, 1.54) is 23.9 Å². The highest BCUT2D eigenvalue weighted by molar-refractivity contribution is 7.98. The number of benzene rings is 2. The Morgan fingerprint density at radius 3 is 2.36 bits per heavy atom. The second kappa shape index (κ2) is 6.66. The molecule has 0 fully saturated rings. The van der Waals surface area contributed by atoms with E-state index in [0.29, 0.717) is 15.7 Å². The van der Waals surface area contributed by atoms with Crippen LogP contribution in [0.5, 0.6) is 0 Å². The summed E-state index contributed by atoms with van der Waals surface area (Å²) >= 11 is 7.02. The molecule has 2 aromatic carbocycles. The maximum atomic E-state index is 11.3. The minimum absolute atomic E-state index is 0.282. The molecule has 0 saturated heterocycles. The second-order valence-corrected chi connectivity index (χ2v) is 7.36. The number of nitrogens with zero attached hydrogens (tertiary/aromatic N) is 1. The van der Waals surface area contributed by atoms with Gasteiger partial charge in [0, 0.05) is 16.8 Å². The third kappa shape index (κ3) is 4.20. The Morgan fingerprint density at radius 1 is 1.18 bits per heavy atom. The number of nitro groups is 1. The van der Waals surface area contributed by atoms with Crippen molar-refractivity contribution < 1.29 is 13.3 Å². The molecule has 0 aliphatic carbocycles. The molecule has 6 nitrogen and oxygen atoms in total. The fraction of sp³-hybridized carbons (Fsp3) is 0.0769. The quantitative estimate of drug-likeness (QED) is 0.502. The number of sulfonamides is 1. The highest BCUT2D eigenvalue weighted by Crippen LogP contribution is 2.33. The summed E-state index contributed by atoms with van der Waals surface area (Å²) in [5, 5.41) is 16.7. The minimum Gasteiger partial charge on any atom is -0.258 e. The maximum Gasteiger partial charge on any atom is 0.284 e. The molecule has 9 heteroatoms. The van der Waals surface area contributed by atoms with Crippen molar-refractivity contribution in [2.24, 2.45) is 5.14 Å². The summed E-state index contributed by atoms with van der Waals surface area (Å²) in [7, 11) is -3.98. The average molecular weight is 359 g/mol. The Bertz CT molecular complexity index is 807. The van der Waals surface area contributed by atoms with Crippen LogP contribution in [0, 0.1) is 10.1 Å². The lowest BCUT2D eigenvalue weighted by Gasteiger charge is -2.05. The SMILES string of the molecule is NS(=O)(=O)c1ccc(SCc2ccc(Cl)cc2)c([N+](=O)[O-])c1. The molecule has 0 saturated carbocycles. The molecule has 116 valence electrons. The summed E-state index contributed by atoms with van der Waals surface area (Å²) in [5.41, 5.74) is 0.657. The van der Waals surface area contributed by atoms with E-state index in [4.69, 9.17) is 16.7 Å². The van der Waals surface area contributed by atoms with Crippen molar-refractivity contribution in [1.82, 2.24) is 0 Å². The zero-order valence-electron chi connectivity index (χ0n) is 11.1. The molecule has 22 heavy (non-hydrogen) atoms. The highest BCUT2D eigenvalue weighted by atomic mass is 35.5. The first kappa shape index (κ1) is 16.8. The highest BCUT2D eigenvalue weighted by Gasteiger charge is 2.19. The number of nitro benzene ring substituents is 1. The molecule has 0 aromatic heterocycles. The van der Waals surface area contributed by atoms with Gasteiger partial charge in [-0.15, -0.1) is 11.8 Å². The molecular weight excluding hydrogens is 348 g/mol. The fourth-order valence-electron chi connectivity index (χ4n) is 1.68. The van der Waals surface area contributed by atoms with Crippen LogP contribution in [0.2, 0.25) is 5.02 Å². The first-order valence-corrected chi connectivity index (χ1v) is 8.87. The van der Waals surface area contributed by atoms with Gasteiger partial charge in [0.15, 0.2) is 0 Å². The zero-order valence-corrected chi connectivity index (χ0v) is 13.5. The summed E-state index contributed by atoms with van der Waals surface area (Å²) in [6.45, 7) is 0. The third-order valence-electron chi connectivity index (χ3n) is 2.76. The number of hydrogen-bond acceptors (Lipinski definition) is 5. The second-order valence-electron chi connectivity index (χ2n) is 4.35. The largest absolute Gasteiger partial charge is 0.284 e. The van der Waals surface area contributed by atoms with Crippen molar-refractivity contribution in [1.29, 1.82) is 0 Å². The number of halogens is 1. The van der Waals surface area contributed by atoms with Crippen LogP contribution in [0.4, 0.5) is 5.69 Å². The predicted octanol–water partition coefficient (Wildman–Crippen LogP) is 3.19. The van der Waals surface area contributed by atoms with Gasteiger partial charge < -0.3 is 0 Å². The molecule has 2 N–H and O–H groups in total. The van der Waals surface area contributed by atoms with Crippen LogP contribution in [-0.2, 0) is 15.8 Å². The standard InChI is InChI=1S/C13H11ClN2O4S2/c14-10-3-1-9(2-4-10)8-21-13-6-5-11(22(15,19)20)7-12(13)16(17)18/h1-7H,8H2,(H2,15,19,20). The normalized spacial score (nSPS) is 11.4. The minimum atomic E-state index is -3.98. The van der Waals surface area contributed by atoms with E-state index in [9.17, 15) is 18.5 Å². The van der Waals surface area contributed by atoms with Crippen molar-refractivity contribution >= 4 is 39.1 Å². The molecule has 0 heterocycles. The first-order chi connectivity index (χ1) is 10.3. The predicted molar refractivity (Wildman–Crippen MR) is 85.5 cm³/mol. The van der Waals surface area contributed by atoms with Crippen LogP contribution in [0.25, 0.3) is 0 Å². The van der Waals surface area contributed by atoms with Gasteiger partial charge in [0.05, 0.1) is 14.7 Å². The Hall–Kier alpha value is -1.61. The number of nitrogens with two attached hydrogens (primary N) is 1. The van der Waals surface area contributed by atoms with Crippen LogP contribution in [0.3, 0.4) is 0 Å².